The predicted octanol–water partition coefficient (Wildman–Crippen LogP) is 0.941. The number of carboxylic acid groups (broad SMARTS) is 1. The van der Waals surface area contributed by atoms with Gasteiger partial charge in [-0.05, 0) is 13.1 Å². The Hall–Kier alpha value is -1.21. The minimum absolute atomic E-state index is 0.274. The molecule has 0 heterocycles. The maximum absolute atomic E-state index is 10.4. The van der Waals surface area contributed by atoms with Gasteiger partial charge in [-0.25, -0.2) is 4.79 Å². The smallest absolute Gasteiger partial charge is 0.407 e. The van der Waals surface area contributed by atoms with Gasteiger partial charge in [-0.2, -0.15) is 0 Å². The van der Waals surface area contributed by atoms with Crippen molar-refractivity contribution in [3.8, 4) is 11.8 Å². The monoisotopic (exact) mass is 198 g/mol. The fourth-order valence-electron chi connectivity index (χ4n) is 0.857. The zero-order valence-electron chi connectivity index (χ0n) is 9.08. The SMILES string of the molecule is CCN(CC)CC#CCN(C)C(=O)O. The Morgan fingerprint density at radius 3 is 2.14 bits per heavy atom. The second-order valence-corrected chi connectivity index (χ2v) is 2.95. The van der Waals surface area contributed by atoms with Crippen LogP contribution in [0.4, 0.5) is 4.79 Å². The van der Waals surface area contributed by atoms with Crippen LogP contribution in [0.1, 0.15) is 13.8 Å². The number of carbonyl (C=O) groups is 1. The number of hydrogen-bond donors (Lipinski definition) is 1. The van der Waals surface area contributed by atoms with Crippen LogP contribution in [0.15, 0.2) is 0 Å². The van der Waals surface area contributed by atoms with E-state index in [9.17, 15) is 4.79 Å². The number of rotatable bonds is 4. The molecular formula is C10H18N2O2. The summed E-state index contributed by atoms with van der Waals surface area (Å²) in [4.78, 5) is 13.7. The molecule has 0 radical (unpaired) electrons. The Bertz CT molecular complexity index is 226. The Labute approximate surface area is 85.5 Å². The maximum Gasteiger partial charge on any atom is 0.407 e. The van der Waals surface area contributed by atoms with Gasteiger partial charge in [0.25, 0.3) is 0 Å². The lowest BCUT2D eigenvalue weighted by atomic mass is 10.4. The fraction of sp³-hybridized carbons (Fsp3) is 0.700. The van der Waals surface area contributed by atoms with Crippen LogP contribution in [-0.2, 0) is 0 Å². The molecule has 0 aliphatic heterocycles. The third kappa shape index (κ3) is 5.44. The summed E-state index contributed by atoms with van der Waals surface area (Å²) in [6, 6.07) is 0. The molecular weight excluding hydrogens is 180 g/mol. The molecule has 0 aliphatic carbocycles. The minimum atomic E-state index is -0.942. The van der Waals surface area contributed by atoms with E-state index in [0.29, 0.717) is 6.54 Å². The van der Waals surface area contributed by atoms with Crippen molar-refractivity contribution < 1.29 is 9.90 Å². The van der Waals surface area contributed by atoms with E-state index >= 15 is 0 Å². The molecule has 0 rings (SSSR count). The quantitative estimate of drug-likeness (QED) is 0.684. The summed E-state index contributed by atoms with van der Waals surface area (Å²) in [5.74, 6) is 5.76. The molecule has 0 aliphatic rings. The highest BCUT2D eigenvalue weighted by Crippen LogP contribution is 1.84. The summed E-state index contributed by atoms with van der Waals surface area (Å²) in [7, 11) is 1.51. The van der Waals surface area contributed by atoms with E-state index in [-0.39, 0.29) is 6.54 Å². The standard InChI is InChI=1S/C10H18N2O2/c1-4-12(5-2)9-7-6-8-11(3)10(13)14/h4-5,8-9H2,1-3H3,(H,13,14). The summed E-state index contributed by atoms with van der Waals surface area (Å²) < 4.78 is 0. The van der Waals surface area contributed by atoms with Gasteiger partial charge in [0.2, 0.25) is 0 Å². The largest absolute Gasteiger partial charge is 0.465 e. The Morgan fingerprint density at radius 2 is 1.71 bits per heavy atom. The second kappa shape index (κ2) is 7.22. The average Bonchev–Trinajstić information content (AvgIpc) is 2.17. The molecule has 14 heavy (non-hydrogen) atoms. The third-order valence-corrected chi connectivity index (χ3v) is 1.96. The van der Waals surface area contributed by atoms with Crippen LogP contribution in [0.5, 0.6) is 0 Å². The first-order chi connectivity index (χ1) is 6.61. The van der Waals surface area contributed by atoms with Crippen molar-refractivity contribution in [1.29, 1.82) is 0 Å². The van der Waals surface area contributed by atoms with Crippen molar-refractivity contribution in [3.05, 3.63) is 0 Å². The molecule has 0 unspecified atom stereocenters. The van der Waals surface area contributed by atoms with E-state index in [4.69, 9.17) is 5.11 Å². The Kier molecular flexibility index (Phi) is 6.59. The van der Waals surface area contributed by atoms with Gasteiger partial charge >= 0.3 is 6.09 Å². The van der Waals surface area contributed by atoms with E-state index in [2.05, 4.69) is 30.6 Å². The van der Waals surface area contributed by atoms with E-state index in [1.807, 2.05) is 0 Å². The fourth-order valence-corrected chi connectivity index (χ4v) is 0.857. The predicted molar refractivity (Wildman–Crippen MR) is 56.2 cm³/mol. The van der Waals surface area contributed by atoms with E-state index in [1.54, 1.807) is 0 Å². The number of nitrogens with zero attached hydrogens (tertiary/aromatic N) is 2. The van der Waals surface area contributed by atoms with Gasteiger partial charge in [0.05, 0.1) is 13.1 Å². The summed E-state index contributed by atoms with van der Waals surface area (Å²) in [5.41, 5.74) is 0. The minimum Gasteiger partial charge on any atom is -0.465 e. The molecule has 1 amide bonds. The zero-order chi connectivity index (χ0) is 11.0. The lowest BCUT2D eigenvalue weighted by Gasteiger charge is -2.13. The van der Waals surface area contributed by atoms with Gasteiger partial charge < -0.3 is 10.0 Å². The number of amides is 1. The maximum atomic E-state index is 10.4. The highest BCUT2D eigenvalue weighted by atomic mass is 16.4. The highest BCUT2D eigenvalue weighted by molar-refractivity contribution is 5.64. The first-order valence-corrected chi connectivity index (χ1v) is 4.73. The van der Waals surface area contributed by atoms with Gasteiger partial charge in [0, 0.05) is 7.05 Å². The summed E-state index contributed by atoms with van der Waals surface area (Å²) in [6.45, 7) is 7.08. The average molecular weight is 198 g/mol. The van der Waals surface area contributed by atoms with Crippen LogP contribution in [0.3, 0.4) is 0 Å². The van der Waals surface area contributed by atoms with Crippen molar-refractivity contribution in [2.45, 2.75) is 13.8 Å². The Morgan fingerprint density at radius 1 is 1.21 bits per heavy atom. The molecule has 0 saturated heterocycles. The van der Waals surface area contributed by atoms with Gasteiger partial charge in [-0.3, -0.25) is 4.90 Å². The van der Waals surface area contributed by atoms with Crippen molar-refractivity contribution in [3.63, 3.8) is 0 Å². The van der Waals surface area contributed by atoms with Crippen molar-refractivity contribution in [1.82, 2.24) is 9.80 Å². The van der Waals surface area contributed by atoms with Crippen LogP contribution in [0.2, 0.25) is 0 Å². The van der Waals surface area contributed by atoms with E-state index in [0.717, 1.165) is 18.0 Å². The Balaban J connectivity index is 3.77. The van der Waals surface area contributed by atoms with Crippen LogP contribution < -0.4 is 0 Å². The molecule has 4 heteroatoms. The second-order valence-electron chi connectivity index (χ2n) is 2.95. The topological polar surface area (TPSA) is 43.8 Å². The zero-order valence-corrected chi connectivity index (χ0v) is 9.08. The third-order valence-electron chi connectivity index (χ3n) is 1.96. The van der Waals surface area contributed by atoms with Crippen LogP contribution in [0, 0.1) is 11.8 Å². The van der Waals surface area contributed by atoms with Gasteiger partial charge in [0.1, 0.15) is 0 Å². The summed E-state index contributed by atoms with van der Waals surface area (Å²) >= 11 is 0. The molecule has 0 aromatic rings. The molecule has 0 aromatic heterocycles. The first-order valence-electron chi connectivity index (χ1n) is 4.73. The molecule has 80 valence electrons. The molecule has 0 spiro atoms. The van der Waals surface area contributed by atoms with Gasteiger partial charge in [-0.1, -0.05) is 25.7 Å². The molecule has 0 bridgehead atoms. The van der Waals surface area contributed by atoms with E-state index in [1.165, 1.54) is 7.05 Å². The molecule has 0 aromatic carbocycles. The van der Waals surface area contributed by atoms with Crippen molar-refractivity contribution in [2.24, 2.45) is 0 Å². The van der Waals surface area contributed by atoms with Gasteiger partial charge in [0.15, 0.2) is 0 Å². The summed E-state index contributed by atoms with van der Waals surface area (Å²) in [6.07, 6.45) is -0.942. The van der Waals surface area contributed by atoms with Crippen LogP contribution in [0.25, 0.3) is 0 Å². The molecule has 4 nitrogen and oxygen atoms in total. The lowest BCUT2D eigenvalue weighted by molar-refractivity contribution is 0.161. The van der Waals surface area contributed by atoms with Gasteiger partial charge in [-0.15, -0.1) is 0 Å². The molecule has 0 fully saturated rings. The molecule has 0 saturated carbocycles. The van der Waals surface area contributed by atoms with Crippen LogP contribution >= 0.6 is 0 Å². The van der Waals surface area contributed by atoms with Crippen molar-refractivity contribution >= 4 is 6.09 Å². The lowest BCUT2D eigenvalue weighted by Crippen LogP contribution is -2.25. The highest BCUT2D eigenvalue weighted by Gasteiger charge is 2.00. The first kappa shape index (κ1) is 12.8. The number of hydrogen-bond acceptors (Lipinski definition) is 2. The molecule has 0 atom stereocenters. The molecule has 1 N–H and O–H groups in total. The summed E-state index contributed by atoms with van der Waals surface area (Å²) in [5, 5.41) is 8.53. The van der Waals surface area contributed by atoms with Crippen LogP contribution in [-0.4, -0.2) is 54.2 Å². The van der Waals surface area contributed by atoms with E-state index < -0.39 is 6.09 Å². The van der Waals surface area contributed by atoms with Crippen molar-refractivity contribution in [2.75, 3.05) is 33.2 Å². The normalized spacial score (nSPS) is 9.43.